The van der Waals surface area contributed by atoms with Crippen LogP contribution in [0.25, 0.3) is 0 Å². The van der Waals surface area contributed by atoms with Gasteiger partial charge in [0.2, 0.25) is 0 Å². The van der Waals surface area contributed by atoms with E-state index < -0.39 is 17.8 Å². The first-order valence-electron chi connectivity index (χ1n) is 5.31. The lowest BCUT2D eigenvalue weighted by Crippen LogP contribution is -2.21. The molecule has 0 aliphatic rings. The fourth-order valence-electron chi connectivity index (χ4n) is 1.35. The van der Waals surface area contributed by atoms with E-state index in [1.165, 1.54) is 12.3 Å². The molecule has 2 N–H and O–H groups in total. The number of nitrogens with one attached hydrogen (secondary N) is 1. The summed E-state index contributed by atoms with van der Waals surface area (Å²) in [6, 6.07) is 2.28. The molecule has 0 fully saturated rings. The molecule has 1 heterocycles. The Hall–Kier alpha value is -1.14. The quantitative estimate of drug-likeness (QED) is 0.783. The van der Waals surface area contributed by atoms with Crippen molar-refractivity contribution in [3.05, 3.63) is 29.6 Å². The van der Waals surface area contributed by atoms with Crippen LogP contribution >= 0.6 is 0 Å². The molecule has 17 heavy (non-hydrogen) atoms. The lowest BCUT2D eigenvalue weighted by atomic mass is 10.2. The monoisotopic (exact) mass is 248 g/mol. The Morgan fingerprint density at radius 2 is 2.18 bits per heavy atom. The Bertz CT molecular complexity index is 353. The summed E-state index contributed by atoms with van der Waals surface area (Å²) in [6.45, 7) is 2.12. The van der Waals surface area contributed by atoms with Gasteiger partial charge in [-0.25, -0.2) is 0 Å². The molecule has 0 bridgehead atoms. The average Bonchev–Trinajstić information content (AvgIpc) is 2.23. The highest BCUT2D eigenvalue weighted by Gasteiger charge is 2.33. The van der Waals surface area contributed by atoms with Crippen molar-refractivity contribution in [1.82, 2.24) is 10.3 Å². The van der Waals surface area contributed by atoms with Gasteiger partial charge in [0, 0.05) is 12.7 Å². The van der Waals surface area contributed by atoms with Gasteiger partial charge in [-0.05, 0) is 32.0 Å². The van der Waals surface area contributed by atoms with Crippen molar-refractivity contribution in [2.45, 2.75) is 32.2 Å². The molecule has 0 saturated heterocycles. The molecule has 6 heteroatoms. The first-order chi connectivity index (χ1) is 7.91. The van der Waals surface area contributed by atoms with Gasteiger partial charge >= 0.3 is 6.18 Å². The van der Waals surface area contributed by atoms with Crippen LogP contribution in [-0.2, 0) is 12.7 Å². The number of hydrogen-bond donors (Lipinski definition) is 2. The molecular formula is C11H15F3N2O. The normalized spacial score (nSPS) is 13.7. The maximum absolute atomic E-state index is 12.6. The van der Waals surface area contributed by atoms with Gasteiger partial charge in [0.1, 0.15) is 0 Å². The number of aliphatic hydroxyl groups is 1. The first kappa shape index (κ1) is 13.9. The van der Waals surface area contributed by atoms with E-state index in [9.17, 15) is 13.2 Å². The SMILES string of the molecule is CC(O)CCNCc1ncccc1C(F)(F)F. The van der Waals surface area contributed by atoms with Crippen molar-refractivity contribution in [2.24, 2.45) is 0 Å². The van der Waals surface area contributed by atoms with E-state index in [0.29, 0.717) is 13.0 Å². The number of aliphatic hydroxyl groups excluding tert-OH is 1. The summed E-state index contributed by atoms with van der Waals surface area (Å²) in [4.78, 5) is 3.72. The van der Waals surface area contributed by atoms with E-state index in [4.69, 9.17) is 5.11 Å². The Labute approximate surface area is 97.7 Å². The molecule has 0 aliphatic carbocycles. The van der Waals surface area contributed by atoms with Crippen LogP contribution in [0.15, 0.2) is 18.3 Å². The predicted octanol–water partition coefficient (Wildman–Crippen LogP) is 1.96. The Morgan fingerprint density at radius 3 is 2.76 bits per heavy atom. The Balaban J connectivity index is 2.59. The fraction of sp³-hybridized carbons (Fsp3) is 0.545. The molecule has 0 amide bonds. The van der Waals surface area contributed by atoms with Crippen molar-refractivity contribution in [1.29, 1.82) is 0 Å². The second kappa shape index (κ2) is 5.97. The standard InChI is InChI=1S/C11H15F3N2O/c1-8(17)4-6-15-7-10-9(11(12,13)14)3-2-5-16-10/h2-3,5,8,15,17H,4,6-7H2,1H3. The number of pyridine rings is 1. The third kappa shape index (κ3) is 4.70. The first-order valence-corrected chi connectivity index (χ1v) is 5.31. The predicted molar refractivity (Wildman–Crippen MR) is 57.2 cm³/mol. The third-order valence-corrected chi connectivity index (χ3v) is 2.23. The van der Waals surface area contributed by atoms with Crippen LogP contribution < -0.4 is 5.32 Å². The highest BCUT2D eigenvalue weighted by molar-refractivity contribution is 5.22. The molecule has 1 atom stereocenters. The van der Waals surface area contributed by atoms with Gasteiger partial charge in [-0.2, -0.15) is 13.2 Å². The van der Waals surface area contributed by atoms with Crippen molar-refractivity contribution < 1.29 is 18.3 Å². The lowest BCUT2D eigenvalue weighted by Gasteiger charge is -2.12. The van der Waals surface area contributed by atoms with Crippen LogP contribution in [0.3, 0.4) is 0 Å². The summed E-state index contributed by atoms with van der Waals surface area (Å²) in [7, 11) is 0. The fourth-order valence-corrected chi connectivity index (χ4v) is 1.35. The van der Waals surface area contributed by atoms with Gasteiger partial charge in [0.15, 0.2) is 0 Å². The van der Waals surface area contributed by atoms with Crippen LogP contribution in [0.4, 0.5) is 13.2 Å². The Morgan fingerprint density at radius 1 is 1.47 bits per heavy atom. The van der Waals surface area contributed by atoms with Crippen molar-refractivity contribution in [3.63, 3.8) is 0 Å². The van der Waals surface area contributed by atoms with Crippen molar-refractivity contribution in [2.75, 3.05) is 6.54 Å². The maximum Gasteiger partial charge on any atom is 0.418 e. The summed E-state index contributed by atoms with van der Waals surface area (Å²) in [5, 5.41) is 11.8. The van der Waals surface area contributed by atoms with E-state index in [1.54, 1.807) is 6.92 Å². The average molecular weight is 248 g/mol. The van der Waals surface area contributed by atoms with Crippen LogP contribution in [0.2, 0.25) is 0 Å². The number of halogens is 3. The molecule has 0 saturated carbocycles. The molecule has 1 aromatic heterocycles. The number of aromatic nitrogens is 1. The van der Waals surface area contributed by atoms with E-state index in [-0.39, 0.29) is 12.2 Å². The molecule has 96 valence electrons. The van der Waals surface area contributed by atoms with Crippen LogP contribution in [0.1, 0.15) is 24.6 Å². The molecule has 0 radical (unpaired) electrons. The number of hydrogen-bond acceptors (Lipinski definition) is 3. The smallest absolute Gasteiger partial charge is 0.393 e. The Kier molecular flexibility index (Phi) is 4.89. The minimum Gasteiger partial charge on any atom is -0.393 e. The van der Waals surface area contributed by atoms with Crippen molar-refractivity contribution in [3.8, 4) is 0 Å². The van der Waals surface area contributed by atoms with Crippen molar-refractivity contribution >= 4 is 0 Å². The van der Waals surface area contributed by atoms with Crippen LogP contribution in [0, 0.1) is 0 Å². The highest BCUT2D eigenvalue weighted by atomic mass is 19.4. The second-order valence-electron chi connectivity index (χ2n) is 3.81. The van der Waals surface area contributed by atoms with Gasteiger partial charge in [-0.15, -0.1) is 0 Å². The highest BCUT2D eigenvalue weighted by Crippen LogP contribution is 2.30. The third-order valence-electron chi connectivity index (χ3n) is 2.23. The molecule has 0 aliphatic heterocycles. The van der Waals surface area contributed by atoms with E-state index in [0.717, 1.165) is 6.07 Å². The number of rotatable bonds is 5. The minimum absolute atomic E-state index is 0.0226. The molecule has 0 spiro atoms. The second-order valence-corrected chi connectivity index (χ2v) is 3.81. The topological polar surface area (TPSA) is 45.1 Å². The molecule has 0 aromatic carbocycles. The zero-order valence-electron chi connectivity index (χ0n) is 9.46. The molecule has 1 rings (SSSR count). The summed E-state index contributed by atoms with van der Waals surface area (Å²) in [6.07, 6.45) is -3.02. The molecular weight excluding hydrogens is 233 g/mol. The summed E-state index contributed by atoms with van der Waals surface area (Å²) >= 11 is 0. The number of nitrogens with zero attached hydrogens (tertiary/aromatic N) is 1. The minimum atomic E-state index is -4.38. The van der Waals surface area contributed by atoms with E-state index in [2.05, 4.69) is 10.3 Å². The molecule has 3 nitrogen and oxygen atoms in total. The summed E-state index contributed by atoms with van der Waals surface area (Å²) in [5.41, 5.74) is -0.741. The van der Waals surface area contributed by atoms with Gasteiger partial charge < -0.3 is 10.4 Å². The van der Waals surface area contributed by atoms with Crippen LogP contribution in [-0.4, -0.2) is 22.7 Å². The summed E-state index contributed by atoms with van der Waals surface area (Å²) in [5.74, 6) is 0. The van der Waals surface area contributed by atoms with Crippen LogP contribution in [0.5, 0.6) is 0 Å². The molecule has 1 aromatic rings. The number of alkyl halides is 3. The van der Waals surface area contributed by atoms with Gasteiger partial charge in [0.05, 0.1) is 17.4 Å². The largest absolute Gasteiger partial charge is 0.418 e. The van der Waals surface area contributed by atoms with Gasteiger partial charge in [-0.3, -0.25) is 4.98 Å². The lowest BCUT2D eigenvalue weighted by molar-refractivity contribution is -0.138. The maximum atomic E-state index is 12.6. The zero-order valence-corrected chi connectivity index (χ0v) is 9.46. The van der Waals surface area contributed by atoms with Gasteiger partial charge in [0.25, 0.3) is 0 Å². The summed E-state index contributed by atoms with van der Waals surface area (Å²) < 4.78 is 37.7. The van der Waals surface area contributed by atoms with Gasteiger partial charge in [-0.1, -0.05) is 0 Å². The zero-order chi connectivity index (χ0) is 12.9. The van der Waals surface area contributed by atoms with E-state index in [1.807, 2.05) is 0 Å². The molecule has 1 unspecified atom stereocenters. The van der Waals surface area contributed by atoms with E-state index >= 15 is 0 Å².